The van der Waals surface area contributed by atoms with Crippen molar-refractivity contribution in [3.05, 3.63) is 11.6 Å². The molecular weight excluding hydrogens is 152 g/mol. The molecule has 2 nitrogen and oxygen atoms in total. The highest BCUT2D eigenvalue weighted by Gasteiger charge is 1.99. The van der Waals surface area contributed by atoms with Crippen LogP contribution in [-0.4, -0.2) is 23.4 Å². The Morgan fingerprint density at radius 1 is 1.42 bits per heavy atom. The third-order valence-electron chi connectivity index (χ3n) is 2.02. The first-order valence-electron chi connectivity index (χ1n) is 4.58. The molecule has 0 saturated carbocycles. The lowest BCUT2D eigenvalue weighted by atomic mass is 10.0. The number of aliphatic hydroxyl groups is 2. The average Bonchev–Trinajstić information content (AvgIpc) is 2.04. The third-order valence-corrected chi connectivity index (χ3v) is 2.02. The number of aliphatic hydroxyl groups excluding tert-OH is 2. The molecule has 0 heterocycles. The lowest BCUT2D eigenvalue weighted by molar-refractivity contribution is 0.228. The van der Waals surface area contributed by atoms with Gasteiger partial charge in [-0.1, -0.05) is 18.6 Å². The minimum absolute atomic E-state index is 0.140. The first-order valence-corrected chi connectivity index (χ1v) is 4.58. The Bertz CT molecular complexity index is 130. The van der Waals surface area contributed by atoms with Crippen LogP contribution < -0.4 is 0 Å². The predicted octanol–water partition coefficient (Wildman–Crippen LogP) is 1.72. The average molecular weight is 172 g/mol. The molecule has 0 aromatic rings. The maximum atomic E-state index is 8.75. The van der Waals surface area contributed by atoms with E-state index < -0.39 is 0 Å². The summed E-state index contributed by atoms with van der Waals surface area (Å²) < 4.78 is 0. The van der Waals surface area contributed by atoms with Gasteiger partial charge >= 0.3 is 0 Å². The van der Waals surface area contributed by atoms with Crippen LogP contribution in [0.15, 0.2) is 11.6 Å². The minimum atomic E-state index is 0.140. The van der Waals surface area contributed by atoms with Crippen LogP contribution in [0.1, 0.15) is 33.1 Å². The molecule has 0 amide bonds. The Kier molecular flexibility index (Phi) is 7.11. The van der Waals surface area contributed by atoms with Crippen LogP contribution >= 0.6 is 0 Å². The van der Waals surface area contributed by atoms with Crippen molar-refractivity contribution in [2.24, 2.45) is 5.92 Å². The van der Waals surface area contributed by atoms with E-state index in [0.717, 1.165) is 19.3 Å². The van der Waals surface area contributed by atoms with Crippen molar-refractivity contribution < 1.29 is 10.2 Å². The topological polar surface area (TPSA) is 40.5 Å². The van der Waals surface area contributed by atoms with E-state index in [2.05, 4.69) is 0 Å². The van der Waals surface area contributed by atoms with E-state index in [-0.39, 0.29) is 13.2 Å². The molecule has 0 saturated heterocycles. The van der Waals surface area contributed by atoms with Crippen LogP contribution in [-0.2, 0) is 0 Å². The van der Waals surface area contributed by atoms with Gasteiger partial charge in [0.25, 0.3) is 0 Å². The zero-order chi connectivity index (χ0) is 9.40. The van der Waals surface area contributed by atoms with Gasteiger partial charge in [-0.05, 0) is 32.1 Å². The van der Waals surface area contributed by atoms with Gasteiger partial charge in [-0.3, -0.25) is 0 Å². The molecular formula is C10H20O2. The number of hydrogen-bond acceptors (Lipinski definition) is 2. The fourth-order valence-corrected chi connectivity index (χ4v) is 1.08. The predicted molar refractivity (Wildman–Crippen MR) is 50.9 cm³/mol. The highest BCUT2D eigenvalue weighted by Crippen LogP contribution is 2.11. The lowest BCUT2D eigenvalue weighted by Crippen LogP contribution is -1.99. The zero-order valence-electron chi connectivity index (χ0n) is 8.08. The zero-order valence-corrected chi connectivity index (χ0v) is 8.08. The van der Waals surface area contributed by atoms with Crippen LogP contribution in [0.4, 0.5) is 0 Å². The molecule has 0 fully saturated rings. The molecule has 0 spiro atoms. The molecule has 0 aromatic heterocycles. The summed E-state index contributed by atoms with van der Waals surface area (Å²) in [7, 11) is 0. The molecule has 2 heteroatoms. The highest BCUT2D eigenvalue weighted by molar-refractivity contribution is 4.97. The number of hydrogen-bond donors (Lipinski definition) is 2. The lowest BCUT2D eigenvalue weighted by Gasteiger charge is -2.06. The van der Waals surface area contributed by atoms with Crippen molar-refractivity contribution in [1.82, 2.24) is 0 Å². The van der Waals surface area contributed by atoms with E-state index in [1.54, 1.807) is 0 Å². The monoisotopic (exact) mass is 172 g/mol. The van der Waals surface area contributed by atoms with Gasteiger partial charge in [0.05, 0.1) is 6.61 Å². The fraction of sp³-hybridized carbons (Fsp3) is 0.800. The van der Waals surface area contributed by atoms with E-state index >= 15 is 0 Å². The summed E-state index contributed by atoms with van der Waals surface area (Å²) in [4.78, 5) is 0. The largest absolute Gasteiger partial charge is 0.396 e. The molecule has 0 rings (SSSR count). The minimum Gasteiger partial charge on any atom is -0.396 e. The quantitative estimate of drug-likeness (QED) is 0.599. The molecule has 0 radical (unpaired) electrons. The molecule has 0 bridgehead atoms. The van der Waals surface area contributed by atoms with Crippen molar-refractivity contribution in [1.29, 1.82) is 0 Å². The van der Waals surface area contributed by atoms with E-state index in [0.29, 0.717) is 5.92 Å². The summed E-state index contributed by atoms with van der Waals surface area (Å²) in [6.45, 7) is 4.50. The van der Waals surface area contributed by atoms with Crippen LogP contribution in [0.5, 0.6) is 0 Å². The Morgan fingerprint density at radius 2 is 2.08 bits per heavy atom. The second kappa shape index (κ2) is 7.32. The SMILES string of the molecule is C/C(=C\CO)CCC[C@H](C)CO. The van der Waals surface area contributed by atoms with Gasteiger partial charge in [-0.15, -0.1) is 0 Å². The first-order chi connectivity index (χ1) is 5.70. The van der Waals surface area contributed by atoms with Crippen LogP contribution in [0, 0.1) is 5.92 Å². The van der Waals surface area contributed by atoms with E-state index in [1.807, 2.05) is 19.9 Å². The summed E-state index contributed by atoms with van der Waals surface area (Å²) in [5.41, 5.74) is 1.24. The summed E-state index contributed by atoms with van der Waals surface area (Å²) in [6.07, 6.45) is 5.03. The van der Waals surface area contributed by atoms with E-state index in [4.69, 9.17) is 10.2 Å². The molecule has 0 aliphatic rings. The van der Waals surface area contributed by atoms with Gasteiger partial charge in [-0.2, -0.15) is 0 Å². The van der Waals surface area contributed by atoms with Crippen LogP contribution in [0.2, 0.25) is 0 Å². The molecule has 0 aliphatic heterocycles. The standard InChI is InChI=1S/C10H20O2/c1-9(6-7-11)4-3-5-10(2)8-12/h6,10-12H,3-5,7-8H2,1-2H3/b9-6+/t10-/m0/s1. The van der Waals surface area contributed by atoms with Gasteiger partial charge in [0.1, 0.15) is 0 Å². The van der Waals surface area contributed by atoms with Crippen molar-refractivity contribution in [3.63, 3.8) is 0 Å². The Hall–Kier alpha value is -0.340. The molecule has 0 aromatic carbocycles. The molecule has 0 aliphatic carbocycles. The van der Waals surface area contributed by atoms with Gasteiger partial charge in [0, 0.05) is 6.61 Å². The summed E-state index contributed by atoms with van der Waals surface area (Å²) in [6, 6.07) is 0. The van der Waals surface area contributed by atoms with Crippen molar-refractivity contribution in [2.45, 2.75) is 33.1 Å². The Labute approximate surface area is 74.9 Å². The van der Waals surface area contributed by atoms with Gasteiger partial charge < -0.3 is 10.2 Å². The molecule has 2 N–H and O–H groups in total. The van der Waals surface area contributed by atoms with Gasteiger partial charge in [-0.25, -0.2) is 0 Å². The third kappa shape index (κ3) is 6.38. The van der Waals surface area contributed by atoms with Crippen molar-refractivity contribution >= 4 is 0 Å². The first kappa shape index (κ1) is 11.7. The summed E-state index contributed by atoms with van der Waals surface area (Å²) >= 11 is 0. The molecule has 12 heavy (non-hydrogen) atoms. The van der Waals surface area contributed by atoms with E-state index in [9.17, 15) is 0 Å². The second-order valence-corrected chi connectivity index (χ2v) is 3.41. The summed E-state index contributed by atoms with van der Waals surface area (Å²) in [5.74, 6) is 0.409. The van der Waals surface area contributed by atoms with Gasteiger partial charge in [0.2, 0.25) is 0 Å². The Balaban J connectivity index is 3.36. The van der Waals surface area contributed by atoms with Crippen molar-refractivity contribution in [3.8, 4) is 0 Å². The van der Waals surface area contributed by atoms with Crippen LogP contribution in [0.3, 0.4) is 0 Å². The van der Waals surface area contributed by atoms with Crippen LogP contribution in [0.25, 0.3) is 0 Å². The normalized spacial score (nSPS) is 14.8. The number of allylic oxidation sites excluding steroid dienone is 1. The molecule has 1 atom stereocenters. The van der Waals surface area contributed by atoms with Crippen molar-refractivity contribution in [2.75, 3.05) is 13.2 Å². The van der Waals surface area contributed by atoms with Gasteiger partial charge in [0.15, 0.2) is 0 Å². The van der Waals surface area contributed by atoms with E-state index in [1.165, 1.54) is 5.57 Å². The second-order valence-electron chi connectivity index (χ2n) is 3.41. The highest BCUT2D eigenvalue weighted by atomic mass is 16.3. The maximum absolute atomic E-state index is 8.75. The smallest absolute Gasteiger partial charge is 0.0614 e. The number of rotatable bonds is 6. The fourth-order valence-electron chi connectivity index (χ4n) is 1.08. The Morgan fingerprint density at radius 3 is 2.58 bits per heavy atom. The summed E-state index contributed by atoms with van der Waals surface area (Å²) in [5, 5.41) is 17.3. The molecule has 0 unspecified atom stereocenters. The maximum Gasteiger partial charge on any atom is 0.0614 e. The molecule has 72 valence electrons.